The molecular weight excluding hydrogens is 262 g/mol. The van der Waals surface area contributed by atoms with Crippen molar-refractivity contribution in [2.75, 3.05) is 7.11 Å². The van der Waals surface area contributed by atoms with Gasteiger partial charge in [-0.2, -0.15) is 0 Å². The van der Waals surface area contributed by atoms with Crippen molar-refractivity contribution in [3.63, 3.8) is 0 Å². The maximum atomic E-state index is 11.3. The molecule has 0 fully saturated rings. The van der Waals surface area contributed by atoms with Crippen LogP contribution in [0.2, 0.25) is 0 Å². The Morgan fingerprint density at radius 2 is 1.86 bits per heavy atom. The van der Waals surface area contributed by atoms with Gasteiger partial charge in [-0.1, -0.05) is 32.0 Å². The first kappa shape index (κ1) is 15.5. The Hall–Kier alpha value is -1.87. The molecule has 0 aliphatic carbocycles. The van der Waals surface area contributed by atoms with Crippen molar-refractivity contribution in [3.05, 3.63) is 59.9 Å². The highest BCUT2D eigenvalue weighted by molar-refractivity contribution is 5.33. The van der Waals surface area contributed by atoms with E-state index in [2.05, 4.69) is 11.9 Å². The Labute approximate surface area is 126 Å². The molecule has 0 amide bonds. The number of aromatic nitrogens is 1. The minimum absolute atomic E-state index is 0.0305. The van der Waals surface area contributed by atoms with Crippen molar-refractivity contribution in [2.24, 2.45) is 0 Å². The van der Waals surface area contributed by atoms with E-state index in [1.807, 2.05) is 49.4 Å². The van der Waals surface area contributed by atoms with Crippen LogP contribution in [-0.4, -0.2) is 17.2 Å². The number of aliphatic hydroxyl groups is 1. The molecule has 0 saturated heterocycles. The van der Waals surface area contributed by atoms with Gasteiger partial charge in [0.1, 0.15) is 5.75 Å². The molecule has 2 unspecified atom stereocenters. The van der Waals surface area contributed by atoms with Crippen LogP contribution in [0.3, 0.4) is 0 Å². The molecule has 1 aromatic heterocycles. The van der Waals surface area contributed by atoms with Gasteiger partial charge in [0, 0.05) is 17.8 Å². The van der Waals surface area contributed by atoms with Gasteiger partial charge in [0.25, 0.3) is 0 Å². The molecule has 0 saturated carbocycles. The summed E-state index contributed by atoms with van der Waals surface area (Å²) in [6.07, 6.45) is 3.24. The number of hydrogen-bond acceptors (Lipinski definition) is 3. The van der Waals surface area contributed by atoms with Gasteiger partial charge in [0.15, 0.2) is 0 Å². The van der Waals surface area contributed by atoms with Crippen molar-refractivity contribution >= 4 is 0 Å². The van der Waals surface area contributed by atoms with Crippen molar-refractivity contribution in [2.45, 2.75) is 38.2 Å². The Kier molecular flexibility index (Phi) is 4.97. The van der Waals surface area contributed by atoms with Gasteiger partial charge in [-0.3, -0.25) is 4.98 Å². The van der Waals surface area contributed by atoms with Gasteiger partial charge in [-0.15, -0.1) is 0 Å². The van der Waals surface area contributed by atoms with Crippen molar-refractivity contribution in [3.8, 4) is 5.75 Å². The fourth-order valence-corrected chi connectivity index (χ4v) is 2.90. The highest BCUT2D eigenvalue weighted by atomic mass is 16.5. The molecule has 0 spiro atoms. The van der Waals surface area contributed by atoms with E-state index >= 15 is 0 Å². The lowest BCUT2D eigenvalue weighted by Gasteiger charge is -2.35. The first-order valence-electron chi connectivity index (χ1n) is 7.43. The molecule has 1 heterocycles. The summed E-state index contributed by atoms with van der Waals surface area (Å²) in [6, 6.07) is 13.5. The fourth-order valence-electron chi connectivity index (χ4n) is 2.90. The second-order valence-corrected chi connectivity index (χ2v) is 5.22. The highest BCUT2D eigenvalue weighted by Crippen LogP contribution is 2.41. The molecule has 2 rings (SSSR count). The number of nitrogens with zero attached hydrogens (tertiary/aromatic N) is 1. The Morgan fingerprint density at radius 1 is 1.14 bits per heavy atom. The molecule has 3 heteroatoms. The molecule has 3 nitrogen and oxygen atoms in total. The third-order valence-electron chi connectivity index (χ3n) is 4.16. The largest absolute Gasteiger partial charge is 0.497 e. The van der Waals surface area contributed by atoms with E-state index in [1.165, 1.54) is 0 Å². The number of ether oxygens (including phenoxy) is 1. The summed E-state index contributed by atoms with van der Waals surface area (Å²) in [5.41, 5.74) is 0.915. The van der Waals surface area contributed by atoms with Crippen LogP contribution in [0.15, 0.2) is 48.7 Å². The average molecular weight is 285 g/mol. The van der Waals surface area contributed by atoms with Crippen molar-refractivity contribution < 1.29 is 9.84 Å². The Morgan fingerprint density at radius 3 is 2.33 bits per heavy atom. The lowest BCUT2D eigenvalue weighted by molar-refractivity contribution is 0.000160. The minimum Gasteiger partial charge on any atom is -0.497 e. The zero-order chi connectivity index (χ0) is 15.3. The SMILES string of the molecule is CCC(c1ccccn1)C(O)(CC)c1ccc(OC)cc1. The number of methoxy groups -OCH3 is 1. The second kappa shape index (κ2) is 6.72. The predicted molar refractivity (Wildman–Crippen MR) is 84.5 cm³/mol. The average Bonchev–Trinajstić information content (AvgIpc) is 2.56. The molecule has 21 heavy (non-hydrogen) atoms. The topological polar surface area (TPSA) is 42.4 Å². The summed E-state index contributed by atoms with van der Waals surface area (Å²) in [6.45, 7) is 4.10. The molecule has 0 aliphatic rings. The number of pyridine rings is 1. The molecule has 112 valence electrons. The van der Waals surface area contributed by atoms with Crippen LogP contribution in [0.25, 0.3) is 0 Å². The van der Waals surface area contributed by atoms with E-state index in [0.29, 0.717) is 6.42 Å². The summed E-state index contributed by atoms with van der Waals surface area (Å²) >= 11 is 0. The third-order valence-corrected chi connectivity index (χ3v) is 4.16. The normalized spacial score (nSPS) is 15.2. The molecule has 2 atom stereocenters. The molecule has 0 aliphatic heterocycles. The van der Waals surface area contributed by atoms with Crippen LogP contribution < -0.4 is 4.74 Å². The smallest absolute Gasteiger partial charge is 0.118 e. The summed E-state index contributed by atoms with van der Waals surface area (Å²) in [5, 5.41) is 11.3. The maximum absolute atomic E-state index is 11.3. The van der Waals surface area contributed by atoms with Crippen LogP contribution in [0, 0.1) is 0 Å². The van der Waals surface area contributed by atoms with Crippen molar-refractivity contribution in [1.29, 1.82) is 0 Å². The zero-order valence-corrected chi connectivity index (χ0v) is 12.9. The molecule has 2 aromatic rings. The minimum atomic E-state index is -0.921. The molecule has 1 aromatic carbocycles. The quantitative estimate of drug-likeness (QED) is 0.875. The molecule has 1 N–H and O–H groups in total. The van der Waals surface area contributed by atoms with Gasteiger partial charge in [0.05, 0.1) is 12.7 Å². The predicted octanol–water partition coefficient (Wildman–Crippen LogP) is 3.88. The number of rotatable bonds is 6. The van der Waals surface area contributed by atoms with E-state index in [-0.39, 0.29) is 5.92 Å². The highest BCUT2D eigenvalue weighted by Gasteiger charge is 2.37. The maximum Gasteiger partial charge on any atom is 0.118 e. The molecular formula is C18H23NO2. The lowest BCUT2D eigenvalue weighted by Crippen LogP contribution is -2.33. The third kappa shape index (κ3) is 3.08. The van der Waals surface area contributed by atoms with Crippen LogP contribution in [0.1, 0.15) is 43.9 Å². The van der Waals surface area contributed by atoms with Crippen molar-refractivity contribution in [1.82, 2.24) is 4.98 Å². The lowest BCUT2D eigenvalue weighted by atomic mass is 9.76. The summed E-state index contributed by atoms with van der Waals surface area (Å²) in [5.74, 6) is 0.764. The summed E-state index contributed by atoms with van der Waals surface area (Å²) < 4.78 is 5.19. The standard InChI is InChI=1S/C18H23NO2/c1-4-16(17-8-6-7-13-19-17)18(20,5-2)14-9-11-15(21-3)12-10-14/h6-13,16,20H,4-5H2,1-3H3. The Balaban J connectivity index is 2.42. The van der Waals surface area contributed by atoms with Crippen LogP contribution in [-0.2, 0) is 5.60 Å². The van der Waals surface area contributed by atoms with Gasteiger partial charge in [-0.25, -0.2) is 0 Å². The van der Waals surface area contributed by atoms with Crippen LogP contribution in [0.5, 0.6) is 5.75 Å². The fraction of sp³-hybridized carbons (Fsp3) is 0.389. The van der Waals surface area contributed by atoms with Crippen LogP contribution >= 0.6 is 0 Å². The van der Waals surface area contributed by atoms with E-state index in [0.717, 1.165) is 23.4 Å². The molecule has 0 bridgehead atoms. The second-order valence-electron chi connectivity index (χ2n) is 5.22. The first-order chi connectivity index (χ1) is 10.2. The van der Waals surface area contributed by atoms with E-state index in [4.69, 9.17) is 4.74 Å². The van der Waals surface area contributed by atoms with E-state index in [1.54, 1.807) is 13.3 Å². The Bertz CT molecular complexity index is 553. The van der Waals surface area contributed by atoms with Gasteiger partial charge < -0.3 is 9.84 Å². The van der Waals surface area contributed by atoms with E-state index < -0.39 is 5.60 Å². The molecule has 0 radical (unpaired) electrons. The van der Waals surface area contributed by atoms with Crippen LogP contribution in [0.4, 0.5) is 0 Å². The zero-order valence-electron chi connectivity index (χ0n) is 12.9. The number of hydrogen-bond donors (Lipinski definition) is 1. The first-order valence-corrected chi connectivity index (χ1v) is 7.43. The number of benzene rings is 1. The monoisotopic (exact) mass is 285 g/mol. The summed E-state index contributed by atoms with van der Waals surface area (Å²) in [7, 11) is 1.64. The van der Waals surface area contributed by atoms with Gasteiger partial charge >= 0.3 is 0 Å². The summed E-state index contributed by atoms with van der Waals surface area (Å²) in [4.78, 5) is 4.44. The van der Waals surface area contributed by atoms with Gasteiger partial charge in [0.2, 0.25) is 0 Å². The van der Waals surface area contributed by atoms with Gasteiger partial charge in [-0.05, 0) is 42.7 Å². The van der Waals surface area contributed by atoms with E-state index in [9.17, 15) is 5.11 Å².